The van der Waals surface area contributed by atoms with Crippen molar-refractivity contribution in [2.24, 2.45) is 0 Å². The molecule has 7 nitrogen and oxygen atoms in total. The molecule has 1 aliphatic heterocycles. The van der Waals surface area contributed by atoms with Crippen LogP contribution in [0.1, 0.15) is 21.6 Å². The highest BCUT2D eigenvalue weighted by Crippen LogP contribution is 2.28. The zero-order valence-electron chi connectivity index (χ0n) is 16.5. The first-order chi connectivity index (χ1) is 15.1. The minimum absolute atomic E-state index is 0.0454. The fraction of sp³-hybridized carbons (Fsp3) is 0.130. The van der Waals surface area contributed by atoms with E-state index in [1.54, 1.807) is 18.2 Å². The SMILES string of the molecule is O=C(c1cc(-c2cccs2)nn1-c1cccc([N+](=O)[O-])c1)N1CCc2ccccc2C1. The molecule has 1 aliphatic rings. The van der Waals surface area contributed by atoms with E-state index in [0.29, 0.717) is 30.2 Å². The van der Waals surface area contributed by atoms with Gasteiger partial charge in [0.05, 0.1) is 15.5 Å². The minimum Gasteiger partial charge on any atom is -0.333 e. The van der Waals surface area contributed by atoms with Crippen molar-refractivity contribution in [2.45, 2.75) is 13.0 Å². The molecule has 3 heterocycles. The summed E-state index contributed by atoms with van der Waals surface area (Å²) in [6.45, 7) is 1.15. The number of nitro benzene ring substituents is 1. The third-order valence-electron chi connectivity index (χ3n) is 5.41. The van der Waals surface area contributed by atoms with Gasteiger partial charge in [-0.15, -0.1) is 11.3 Å². The molecule has 0 radical (unpaired) electrons. The van der Waals surface area contributed by atoms with Crippen LogP contribution in [0.25, 0.3) is 16.3 Å². The standard InChI is InChI=1S/C23H18N4O3S/c28-23(25-11-10-16-5-1-2-6-17(16)15-25)21-14-20(22-9-4-12-31-22)24-26(21)18-7-3-8-19(13-18)27(29)30/h1-9,12-14H,10-11,15H2. The van der Waals surface area contributed by atoms with E-state index in [9.17, 15) is 14.9 Å². The number of thiophene rings is 1. The highest BCUT2D eigenvalue weighted by Gasteiger charge is 2.26. The molecule has 0 bridgehead atoms. The van der Waals surface area contributed by atoms with Crippen molar-refractivity contribution in [3.63, 3.8) is 0 Å². The van der Waals surface area contributed by atoms with Crippen LogP contribution < -0.4 is 0 Å². The van der Waals surface area contributed by atoms with Gasteiger partial charge in [-0.1, -0.05) is 36.4 Å². The van der Waals surface area contributed by atoms with Gasteiger partial charge in [-0.3, -0.25) is 14.9 Å². The molecule has 0 fully saturated rings. The topological polar surface area (TPSA) is 81.3 Å². The van der Waals surface area contributed by atoms with Crippen molar-refractivity contribution in [1.82, 2.24) is 14.7 Å². The monoisotopic (exact) mass is 430 g/mol. The number of aromatic nitrogens is 2. The van der Waals surface area contributed by atoms with E-state index in [2.05, 4.69) is 11.2 Å². The van der Waals surface area contributed by atoms with E-state index in [-0.39, 0.29) is 11.6 Å². The van der Waals surface area contributed by atoms with Crippen molar-refractivity contribution >= 4 is 22.9 Å². The highest BCUT2D eigenvalue weighted by molar-refractivity contribution is 7.13. The molecule has 2 aromatic heterocycles. The summed E-state index contributed by atoms with van der Waals surface area (Å²) in [5.41, 5.74) is 3.90. The Bertz CT molecular complexity index is 1280. The lowest BCUT2D eigenvalue weighted by atomic mass is 10.00. The number of amides is 1. The maximum atomic E-state index is 13.5. The second-order valence-electron chi connectivity index (χ2n) is 7.33. The Morgan fingerprint density at radius 3 is 2.65 bits per heavy atom. The summed E-state index contributed by atoms with van der Waals surface area (Å²) >= 11 is 1.53. The van der Waals surface area contributed by atoms with Gasteiger partial charge in [-0.2, -0.15) is 5.10 Å². The Hall–Kier alpha value is -3.78. The molecule has 0 N–H and O–H groups in total. The number of hydrogen-bond donors (Lipinski definition) is 0. The van der Waals surface area contributed by atoms with Gasteiger partial charge in [-0.25, -0.2) is 4.68 Å². The van der Waals surface area contributed by atoms with Gasteiger partial charge in [-0.05, 0) is 41.1 Å². The van der Waals surface area contributed by atoms with Crippen molar-refractivity contribution in [3.05, 3.63) is 99.0 Å². The first-order valence-corrected chi connectivity index (χ1v) is 10.7. The molecule has 0 saturated carbocycles. The second kappa shape index (κ2) is 7.81. The molecular formula is C23H18N4O3S. The van der Waals surface area contributed by atoms with Crippen molar-refractivity contribution in [1.29, 1.82) is 0 Å². The summed E-state index contributed by atoms with van der Waals surface area (Å²) in [6, 6.07) is 20.0. The number of nitrogens with zero attached hydrogens (tertiary/aromatic N) is 4. The lowest BCUT2D eigenvalue weighted by molar-refractivity contribution is -0.384. The second-order valence-corrected chi connectivity index (χ2v) is 8.27. The van der Waals surface area contributed by atoms with Crippen molar-refractivity contribution in [3.8, 4) is 16.3 Å². The summed E-state index contributed by atoms with van der Waals surface area (Å²) in [7, 11) is 0. The molecule has 5 rings (SSSR count). The maximum Gasteiger partial charge on any atom is 0.272 e. The number of hydrogen-bond acceptors (Lipinski definition) is 5. The summed E-state index contributed by atoms with van der Waals surface area (Å²) in [4.78, 5) is 27.1. The number of fused-ring (bicyclic) bond motifs is 1. The maximum absolute atomic E-state index is 13.5. The van der Waals surface area contributed by atoms with E-state index in [1.807, 2.05) is 40.6 Å². The van der Waals surface area contributed by atoms with Crippen molar-refractivity contribution in [2.75, 3.05) is 6.54 Å². The van der Waals surface area contributed by atoms with Crippen LogP contribution in [-0.4, -0.2) is 32.1 Å². The van der Waals surface area contributed by atoms with Gasteiger partial charge in [0.2, 0.25) is 0 Å². The van der Waals surface area contributed by atoms with E-state index in [0.717, 1.165) is 16.9 Å². The van der Waals surface area contributed by atoms with E-state index >= 15 is 0 Å². The molecule has 0 aliphatic carbocycles. The van der Waals surface area contributed by atoms with E-state index in [4.69, 9.17) is 0 Å². The fourth-order valence-corrected chi connectivity index (χ4v) is 4.53. The summed E-state index contributed by atoms with van der Waals surface area (Å²) in [6.07, 6.45) is 0.796. The predicted octanol–water partition coefficient (Wildman–Crippen LogP) is 4.71. The smallest absolute Gasteiger partial charge is 0.272 e. The number of carbonyl (C=O) groups is 1. The van der Waals surface area contributed by atoms with Crippen LogP contribution in [0.2, 0.25) is 0 Å². The lowest BCUT2D eigenvalue weighted by Crippen LogP contribution is -2.37. The fourth-order valence-electron chi connectivity index (χ4n) is 3.84. The van der Waals surface area contributed by atoms with Gasteiger partial charge in [0.1, 0.15) is 11.4 Å². The van der Waals surface area contributed by atoms with Crippen LogP contribution in [0.5, 0.6) is 0 Å². The van der Waals surface area contributed by atoms with Gasteiger partial charge in [0.25, 0.3) is 11.6 Å². The molecular weight excluding hydrogens is 412 g/mol. The Balaban J connectivity index is 1.57. The van der Waals surface area contributed by atoms with Crippen LogP contribution in [0, 0.1) is 10.1 Å². The van der Waals surface area contributed by atoms with Gasteiger partial charge in [0, 0.05) is 25.2 Å². The summed E-state index contributed by atoms with van der Waals surface area (Å²) in [5.74, 6) is -0.142. The van der Waals surface area contributed by atoms with Crippen LogP contribution in [0.3, 0.4) is 0 Å². The van der Waals surface area contributed by atoms with Crippen molar-refractivity contribution < 1.29 is 9.72 Å². The molecule has 0 saturated heterocycles. The zero-order valence-corrected chi connectivity index (χ0v) is 17.3. The quantitative estimate of drug-likeness (QED) is 0.347. The summed E-state index contributed by atoms with van der Waals surface area (Å²) < 4.78 is 1.52. The number of carbonyl (C=O) groups excluding carboxylic acids is 1. The molecule has 31 heavy (non-hydrogen) atoms. The van der Waals surface area contributed by atoms with E-state index < -0.39 is 4.92 Å². The van der Waals surface area contributed by atoms with Gasteiger partial charge >= 0.3 is 0 Å². The van der Waals surface area contributed by atoms with Crippen LogP contribution in [0.15, 0.2) is 72.1 Å². The summed E-state index contributed by atoms with van der Waals surface area (Å²) in [5, 5.41) is 17.9. The Kier molecular flexibility index (Phi) is 4.83. The van der Waals surface area contributed by atoms with Crippen LogP contribution in [0.4, 0.5) is 5.69 Å². The first kappa shape index (κ1) is 19.2. The minimum atomic E-state index is -0.448. The molecule has 1 amide bonds. The number of rotatable bonds is 4. The van der Waals surface area contributed by atoms with Crippen LogP contribution >= 0.6 is 11.3 Å². The molecule has 0 unspecified atom stereocenters. The average molecular weight is 430 g/mol. The molecule has 2 aromatic carbocycles. The van der Waals surface area contributed by atoms with Gasteiger partial charge < -0.3 is 4.90 Å². The highest BCUT2D eigenvalue weighted by atomic mass is 32.1. The molecule has 0 spiro atoms. The third kappa shape index (κ3) is 3.62. The molecule has 0 atom stereocenters. The Labute approximate surface area is 182 Å². The normalized spacial score (nSPS) is 13.1. The number of non-ortho nitro benzene ring substituents is 1. The van der Waals surface area contributed by atoms with E-state index in [1.165, 1.54) is 33.7 Å². The largest absolute Gasteiger partial charge is 0.333 e. The Morgan fingerprint density at radius 1 is 1.03 bits per heavy atom. The molecule has 8 heteroatoms. The van der Waals surface area contributed by atoms with Crippen LogP contribution in [-0.2, 0) is 13.0 Å². The Morgan fingerprint density at radius 2 is 1.87 bits per heavy atom. The first-order valence-electron chi connectivity index (χ1n) is 9.85. The molecule has 154 valence electrons. The zero-order chi connectivity index (χ0) is 21.4. The lowest BCUT2D eigenvalue weighted by Gasteiger charge is -2.28. The molecule has 4 aromatic rings. The average Bonchev–Trinajstić information content (AvgIpc) is 3.48. The number of benzene rings is 2. The predicted molar refractivity (Wildman–Crippen MR) is 118 cm³/mol. The van der Waals surface area contributed by atoms with Gasteiger partial charge in [0.15, 0.2) is 0 Å². The number of nitro groups is 1. The third-order valence-corrected chi connectivity index (χ3v) is 6.30.